The van der Waals surface area contributed by atoms with Gasteiger partial charge in [-0.3, -0.25) is 0 Å². The number of hydrogen-bond donors (Lipinski definition) is 2. The summed E-state index contributed by atoms with van der Waals surface area (Å²) in [5.41, 5.74) is 0. The second-order valence-corrected chi connectivity index (χ2v) is 2.80. The van der Waals surface area contributed by atoms with Gasteiger partial charge in [0.05, 0.1) is 0 Å². The normalized spacial score (nSPS) is 45.0. The van der Waals surface area contributed by atoms with Gasteiger partial charge in [-0.2, -0.15) is 0 Å². The van der Waals surface area contributed by atoms with Gasteiger partial charge in [0.1, 0.15) is 0 Å². The Balaban J connectivity index is 2.03. The quantitative estimate of drug-likeness (QED) is 0.450. The van der Waals surface area contributed by atoms with Gasteiger partial charge in [-0.15, -0.1) is 0 Å². The Hall–Kier alpha value is -0.0800. The summed E-state index contributed by atoms with van der Waals surface area (Å²) >= 11 is 0. The van der Waals surface area contributed by atoms with E-state index in [2.05, 4.69) is 10.6 Å². The molecule has 0 aromatic heterocycles. The highest BCUT2D eigenvalue weighted by molar-refractivity contribution is 4.90. The lowest BCUT2D eigenvalue weighted by Crippen LogP contribution is -2.48. The van der Waals surface area contributed by atoms with Gasteiger partial charge in [0.15, 0.2) is 0 Å². The Morgan fingerprint density at radius 1 is 1.00 bits per heavy atom. The van der Waals surface area contributed by atoms with Crippen LogP contribution in [0.25, 0.3) is 0 Å². The Morgan fingerprint density at radius 2 is 1.62 bits per heavy atom. The van der Waals surface area contributed by atoms with E-state index in [0.717, 1.165) is 12.1 Å². The topological polar surface area (TPSA) is 24.1 Å². The molecule has 2 heteroatoms. The van der Waals surface area contributed by atoms with Crippen molar-refractivity contribution in [2.24, 2.45) is 0 Å². The third-order valence-corrected chi connectivity index (χ3v) is 2.12. The van der Waals surface area contributed by atoms with Crippen molar-refractivity contribution in [3.05, 3.63) is 0 Å². The molecule has 0 saturated carbocycles. The van der Waals surface area contributed by atoms with Crippen LogP contribution in [-0.4, -0.2) is 25.2 Å². The summed E-state index contributed by atoms with van der Waals surface area (Å²) in [7, 11) is 0. The standard InChI is InChI=1S/C6H12N2/c1-2-6-4-7-3-5(1)8-6/h5-8H,1-4H2/t5-,6-/m1/s1. The van der Waals surface area contributed by atoms with Gasteiger partial charge in [0, 0.05) is 25.2 Å². The lowest BCUT2D eigenvalue weighted by molar-refractivity contribution is 0.423. The maximum atomic E-state index is 3.53. The first-order valence-electron chi connectivity index (χ1n) is 3.42. The van der Waals surface area contributed by atoms with E-state index in [1.807, 2.05) is 0 Å². The van der Waals surface area contributed by atoms with Crippen molar-refractivity contribution in [1.82, 2.24) is 10.6 Å². The highest BCUT2D eigenvalue weighted by Gasteiger charge is 2.26. The number of hydrogen-bond acceptors (Lipinski definition) is 2. The maximum Gasteiger partial charge on any atom is 0.0196 e. The summed E-state index contributed by atoms with van der Waals surface area (Å²) in [6, 6.07) is 1.60. The summed E-state index contributed by atoms with van der Waals surface area (Å²) in [5, 5.41) is 6.91. The van der Waals surface area contributed by atoms with Crippen LogP contribution in [0.2, 0.25) is 0 Å². The molecule has 2 aliphatic rings. The van der Waals surface area contributed by atoms with Crippen molar-refractivity contribution in [3.8, 4) is 0 Å². The zero-order chi connectivity index (χ0) is 5.40. The molecule has 2 aliphatic heterocycles. The predicted molar refractivity (Wildman–Crippen MR) is 32.8 cm³/mol. The van der Waals surface area contributed by atoms with Gasteiger partial charge in [0.25, 0.3) is 0 Å². The monoisotopic (exact) mass is 112 g/mol. The van der Waals surface area contributed by atoms with Gasteiger partial charge in [-0.25, -0.2) is 0 Å². The molecule has 0 aromatic rings. The lowest BCUT2D eigenvalue weighted by Gasteiger charge is -2.21. The summed E-state index contributed by atoms with van der Waals surface area (Å²) in [5.74, 6) is 0. The predicted octanol–water partition coefficient (Wildman–Crippen LogP) is -0.290. The first-order chi connectivity index (χ1) is 3.95. The van der Waals surface area contributed by atoms with Crippen molar-refractivity contribution in [1.29, 1.82) is 0 Å². The van der Waals surface area contributed by atoms with Crippen molar-refractivity contribution in [2.45, 2.75) is 24.9 Å². The Morgan fingerprint density at radius 3 is 2.12 bits per heavy atom. The first-order valence-corrected chi connectivity index (χ1v) is 3.42. The van der Waals surface area contributed by atoms with Crippen LogP contribution in [0.1, 0.15) is 12.8 Å². The molecule has 2 bridgehead atoms. The first kappa shape index (κ1) is 4.77. The molecule has 0 spiro atoms. The Bertz CT molecular complexity index is 78.5. The van der Waals surface area contributed by atoms with E-state index in [0.29, 0.717) is 0 Å². The molecule has 2 heterocycles. The minimum atomic E-state index is 0.800. The number of piperazine rings is 1. The van der Waals surface area contributed by atoms with Gasteiger partial charge in [-0.05, 0) is 12.8 Å². The van der Waals surface area contributed by atoms with Crippen LogP contribution in [0.3, 0.4) is 0 Å². The van der Waals surface area contributed by atoms with Crippen molar-refractivity contribution in [3.63, 3.8) is 0 Å². The Kier molecular flexibility index (Phi) is 1.02. The second kappa shape index (κ2) is 1.71. The molecule has 2 rings (SSSR count). The van der Waals surface area contributed by atoms with Crippen LogP contribution in [-0.2, 0) is 0 Å². The average molecular weight is 112 g/mol. The second-order valence-electron chi connectivity index (χ2n) is 2.80. The van der Waals surface area contributed by atoms with Crippen LogP contribution < -0.4 is 10.6 Å². The highest BCUT2D eigenvalue weighted by atomic mass is 15.1. The minimum Gasteiger partial charge on any atom is -0.314 e. The maximum absolute atomic E-state index is 3.53. The number of nitrogens with one attached hydrogen (secondary N) is 2. The van der Waals surface area contributed by atoms with Crippen molar-refractivity contribution >= 4 is 0 Å². The fourth-order valence-corrected chi connectivity index (χ4v) is 1.66. The zero-order valence-electron chi connectivity index (χ0n) is 4.98. The molecule has 2 saturated heterocycles. The van der Waals surface area contributed by atoms with Crippen molar-refractivity contribution < 1.29 is 0 Å². The molecule has 0 aromatic carbocycles. The van der Waals surface area contributed by atoms with Crippen LogP contribution >= 0.6 is 0 Å². The SMILES string of the molecule is C1C[C@@H]2CNC[C@@H]1N2. The lowest BCUT2D eigenvalue weighted by atomic mass is 10.2. The van der Waals surface area contributed by atoms with Crippen LogP contribution in [0.5, 0.6) is 0 Å². The van der Waals surface area contributed by atoms with E-state index < -0.39 is 0 Å². The molecule has 0 amide bonds. The Labute approximate surface area is 49.7 Å². The fourth-order valence-electron chi connectivity index (χ4n) is 1.66. The molecule has 0 unspecified atom stereocenters. The summed E-state index contributed by atoms with van der Waals surface area (Å²) < 4.78 is 0. The molecule has 2 nitrogen and oxygen atoms in total. The molecular weight excluding hydrogens is 100 g/mol. The van der Waals surface area contributed by atoms with Crippen LogP contribution in [0, 0.1) is 0 Å². The molecular formula is C6H12N2. The minimum absolute atomic E-state index is 0.800. The average Bonchev–Trinajstić information content (AvgIpc) is 2.12. The van der Waals surface area contributed by atoms with Gasteiger partial charge in [0.2, 0.25) is 0 Å². The van der Waals surface area contributed by atoms with E-state index in [-0.39, 0.29) is 0 Å². The zero-order valence-corrected chi connectivity index (χ0v) is 4.98. The summed E-state index contributed by atoms with van der Waals surface area (Å²) in [6.07, 6.45) is 2.77. The molecule has 2 atom stereocenters. The number of fused-ring (bicyclic) bond motifs is 2. The van der Waals surface area contributed by atoms with E-state index in [4.69, 9.17) is 0 Å². The van der Waals surface area contributed by atoms with E-state index >= 15 is 0 Å². The third-order valence-electron chi connectivity index (χ3n) is 2.12. The smallest absolute Gasteiger partial charge is 0.0196 e. The molecule has 0 radical (unpaired) electrons. The highest BCUT2D eigenvalue weighted by Crippen LogP contribution is 2.13. The van der Waals surface area contributed by atoms with Crippen LogP contribution in [0.15, 0.2) is 0 Å². The molecule has 2 fully saturated rings. The molecule has 8 heavy (non-hydrogen) atoms. The number of rotatable bonds is 0. The van der Waals surface area contributed by atoms with Crippen molar-refractivity contribution in [2.75, 3.05) is 13.1 Å². The van der Waals surface area contributed by atoms with E-state index in [1.165, 1.54) is 25.9 Å². The third kappa shape index (κ3) is 0.644. The fraction of sp³-hybridized carbons (Fsp3) is 1.00. The molecule has 0 aliphatic carbocycles. The van der Waals surface area contributed by atoms with Gasteiger partial charge >= 0.3 is 0 Å². The van der Waals surface area contributed by atoms with E-state index in [9.17, 15) is 0 Å². The summed E-state index contributed by atoms with van der Waals surface area (Å²) in [4.78, 5) is 0. The van der Waals surface area contributed by atoms with Gasteiger partial charge < -0.3 is 10.6 Å². The molecule has 2 N–H and O–H groups in total. The van der Waals surface area contributed by atoms with E-state index in [1.54, 1.807) is 0 Å². The van der Waals surface area contributed by atoms with Crippen LogP contribution in [0.4, 0.5) is 0 Å². The largest absolute Gasteiger partial charge is 0.314 e. The molecule has 46 valence electrons. The van der Waals surface area contributed by atoms with Gasteiger partial charge in [-0.1, -0.05) is 0 Å². The summed E-state index contributed by atoms with van der Waals surface area (Å²) in [6.45, 7) is 2.38.